The maximum atomic E-state index is 12.8. The molecule has 0 aromatic heterocycles. The Morgan fingerprint density at radius 2 is 2.08 bits per heavy atom. The molecule has 0 spiro atoms. The van der Waals surface area contributed by atoms with Gasteiger partial charge in [-0.15, -0.1) is 0 Å². The quantitative estimate of drug-likeness (QED) is 0.766. The van der Waals surface area contributed by atoms with Crippen molar-refractivity contribution in [3.05, 3.63) is 59.2 Å². The van der Waals surface area contributed by atoms with Gasteiger partial charge in [0.05, 0.1) is 5.56 Å². The molecule has 0 saturated heterocycles. The van der Waals surface area contributed by atoms with Crippen molar-refractivity contribution < 1.29 is 18.0 Å². The minimum atomic E-state index is -4.48. The number of rotatable bonds is 4. The first-order valence-electron chi connectivity index (χ1n) is 8.41. The van der Waals surface area contributed by atoms with Crippen molar-refractivity contribution in [2.45, 2.75) is 38.0 Å². The fraction of sp³-hybridized carbons (Fsp3) is 0.316. The van der Waals surface area contributed by atoms with Crippen molar-refractivity contribution in [3.63, 3.8) is 0 Å². The Hall–Kier alpha value is -2.54. The van der Waals surface area contributed by atoms with Gasteiger partial charge in [0.25, 0.3) is 0 Å². The molecular weight excluding hydrogens is 343 g/mol. The van der Waals surface area contributed by atoms with Crippen LogP contribution in [0.5, 0.6) is 0 Å². The second-order valence-electron chi connectivity index (χ2n) is 6.42. The summed E-state index contributed by atoms with van der Waals surface area (Å²) in [5, 5.41) is 6.08. The number of halogens is 3. The molecule has 2 aromatic carbocycles. The molecule has 1 amide bonds. The Labute approximate surface area is 149 Å². The summed E-state index contributed by atoms with van der Waals surface area (Å²) >= 11 is 0. The topological polar surface area (TPSA) is 67.2 Å². The lowest BCUT2D eigenvalue weighted by atomic mass is 10.0. The maximum Gasteiger partial charge on any atom is 0.416 e. The highest BCUT2D eigenvalue weighted by atomic mass is 19.4. The second-order valence-corrected chi connectivity index (χ2v) is 6.42. The van der Waals surface area contributed by atoms with Gasteiger partial charge in [-0.05, 0) is 54.3 Å². The van der Waals surface area contributed by atoms with Crippen LogP contribution in [0.15, 0.2) is 42.5 Å². The first-order valence-corrected chi connectivity index (χ1v) is 8.41. The predicted molar refractivity (Wildman–Crippen MR) is 94.8 cm³/mol. The third-order valence-corrected chi connectivity index (χ3v) is 4.55. The lowest BCUT2D eigenvalue weighted by Crippen LogP contribution is -2.28. The summed E-state index contributed by atoms with van der Waals surface area (Å²) in [5.41, 5.74) is 7.87. The van der Waals surface area contributed by atoms with Crippen molar-refractivity contribution in [2.24, 2.45) is 5.73 Å². The Balaban J connectivity index is 1.73. The molecule has 1 heterocycles. The zero-order chi connectivity index (χ0) is 18.9. The van der Waals surface area contributed by atoms with Crippen molar-refractivity contribution in [2.75, 3.05) is 10.6 Å². The molecule has 1 aliphatic rings. The lowest BCUT2D eigenvalue weighted by molar-refractivity contribution is -0.137. The molecule has 0 bridgehead atoms. The van der Waals surface area contributed by atoms with E-state index in [4.69, 9.17) is 5.73 Å². The average Bonchev–Trinajstić information content (AvgIpc) is 3.03. The number of alkyl halides is 3. The Morgan fingerprint density at radius 1 is 1.31 bits per heavy atom. The predicted octanol–water partition coefficient (Wildman–Crippen LogP) is 4.09. The van der Waals surface area contributed by atoms with Crippen molar-refractivity contribution >= 4 is 17.3 Å². The Morgan fingerprint density at radius 3 is 2.77 bits per heavy atom. The molecule has 0 saturated carbocycles. The number of carbonyl (C=O) groups is 1. The molecule has 0 fully saturated rings. The van der Waals surface area contributed by atoms with Crippen LogP contribution in [0.1, 0.15) is 36.1 Å². The highest BCUT2D eigenvalue weighted by Crippen LogP contribution is 2.32. The number of carbonyl (C=O) groups excluding carboxylic acids is 1. The van der Waals surface area contributed by atoms with E-state index >= 15 is 0 Å². The minimum absolute atomic E-state index is 0.117. The molecule has 0 aliphatic carbocycles. The standard InChI is InChI=1S/C19H20F3N3O/c1-2-14-9-12-10-15(6-7-16(12)24-14)25-18(26)17(23)11-4-3-5-13(8-11)19(20,21)22/h3-8,10,14,17,24H,2,9,23H2,1H3,(H,25,26). The van der Waals surface area contributed by atoms with Crippen molar-refractivity contribution in [1.29, 1.82) is 0 Å². The van der Waals surface area contributed by atoms with Crippen LogP contribution in [-0.4, -0.2) is 11.9 Å². The summed E-state index contributed by atoms with van der Waals surface area (Å²) in [6.45, 7) is 2.10. The number of nitrogens with two attached hydrogens (primary N) is 1. The van der Waals surface area contributed by atoms with Crippen molar-refractivity contribution in [1.82, 2.24) is 0 Å². The van der Waals surface area contributed by atoms with Crippen LogP contribution in [0, 0.1) is 0 Å². The molecule has 2 atom stereocenters. The lowest BCUT2D eigenvalue weighted by Gasteiger charge is -2.15. The van der Waals surface area contributed by atoms with Gasteiger partial charge in [-0.1, -0.05) is 19.1 Å². The summed E-state index contributed by atoms with van der Waals surface area (Å²) in [5.74, 6) is -0.553. The monoisotopic (exact) mass is 363 g/mol. The molecular formula is C19H20F3N3O. The zero-order valence-electron chi connectivity index (χ0n) is 14.2. The highest BCUT2D eigenvalue weighted by molar-refractivity contribution is 5.95. The molecule has 4 nitrogen and oxygen atoms in total. The van der Waals surface area contributed by atoms with E-state index in [0.29, 0.717) is 11.7 Å². The van der Waals surface area contributed by atoms with E-state index in [9.17, 15) is 18.0 Å². The van der Waals surface area contributed by atoms with E-state index in [1.165, 1.54) is 12.1 Å². The molecule has 2 unspecified atom stereocenters. The number of nitrogens with one attached hydrogen (secondary N) is 2. The first-order chi connectivity index (χ1) is 12.3. The third-order valence-electron chi connectivity index (χ3n) is 4.55. The van der Waals surface area contributed by atoms with Gasteiger partial charge in [0.2, 0.25) is 5.91 Å². The van der Waals surface area contributed by atoms with E-state index in [0.717, 1.165) is 36.2 Å². The average molecular weight is 363 g/mol. The minimum Gasteiger partial charge on any atom is -0.382 e. The largest absolute Gasteiger partial charge is 0.416 e. The first kappa shape index (κ1) is 18.3. The van der Waals surface area contributed by atoms with Gasteiger partial charge in [-0.2, -0.15) is 13.2 Å². The smallest absolute Gasteiger partial charge is 0.382 e. The second kappa shape index (κ2) is 6.99. The molecule has 7 heteroatoms. The molecule has 0 radical (unpaired) electrons. The van der Waals surface area contributed by atoms with E-state index in [1.807, 2.05) is 12.1 Å². The summed E-state index contributed by atoms with van der Waals surface area (Å²) in [6.07, 6.45) is -2.61. The Kier molecular flexibility index (Phi) is 4.91. The van der Waals surface area contributed by atoms with Gasteiger partial charge in [-0.3, -0.25) is 4.79 Å². The fourth-order valence-electron chi connectivity index (χ4n) is 3.04. The van der Waals surface area contributed by atoms with E-state index in [-0.39, 0.29) is 5.56 Å². The van der Waals surface area contributed by atoms with Gasteiger partial charge in [0.1, 0.15) is 6.04 Å². The fourth-order valence-corrected chi connectivity index (χ4v) is 3.04. The van der Waals surface area contributed by atoms with Gasteiger partial charge < -0.3 is 16.4 Å². The normalized spacial score (nSPS) is 17.3. The zero-order valence-corrected chi connectivity index (χ0v) is 14.2. The molecule has 4 N–H and O–H groups in total. The number of hydrogen-bond acceptors (Lipinski definition) is 3. The van der Waals surface area contributed by atoms with E-state index < -0.39 is 23.7 Å². The number of anilines is 2. The molecule has 138 valence electrons. The van der Waals surface area contributed by atoms with Gasteiger partial charge in [-0.25, -0.2) is 0 Å². The van der Waals surface area contributed by atoms with Crippen LogP contribution in [-0.2, 0) is 17.4 Å². The number of amides is 1. The highest BCUT2D eigenvalue weighted by Gasteiger charge is 2.31. The maximum absolute atomic E-state index is 12.8. The van der Waals surface area contributed by atoms with E-state index in [2.05, 4.69) is 17.6 Å². The van der Waals surface area contributed by atoms with Crippen LogP contribution in [0.4, 0.5) is 24.5 Å². The summed E-state index contributed by atoms with van der Waals surface area (Å²) in [7, 11) is 0. The molecule has 2 aromatic rings. The van der Waals surface area contributed by atoms with Crippen LogP contribution in [0.3, 0.4) is 0 Å². The number of hydrogen-bond donors (Lipinski definition) is 3. The van der Waals surface area contributed by atoms with Gasteiger partial charge >= 0.3 is 6.18 Å². The van der Waals surface area contributed by atoms with Crippen molar-refractivity contribution in [3.8, 4) is 0 Å². The molecule has 3 rings (SSSR count). The summed E-state index contributed by atoms with van der Waals surface area (Å²) < 4.78 is 38.5. The number of fused-ring (bicyclic) bond motifs is 1. The molecule has 26 heavy (non-hydrogen) atoms. The van der Waals surface area contributed by atoms with Crippen LogP contribution >= 0.6 is 0 Å². The summed E-state index contributed by atoms with van der Waals surface area (Å²) in [6, 6.07) is 9.21. The van der Waals surface area contributed by atoms with Crippen LogP contribution in [0.25, 0.3) is 0 Å². The summed E-state index contributed by atoms with van der Waals surface area (Å²) in [4.78, 5) is 12.4. The van der Waals surface area contributed by atoms with Crippen LogP contribution in [0.2, 0.25) is 0 Å². The third kappa shape index (κ3) is 3.83. The van der Waals surface area contributed by atoms with Crippen LogP contribution < -0.4 is 16.4 Å². The SMILES string of the molecule is CCC1Cc2cc(NC(=O)C(N)c3cccc(C(F)(F)F)c3)ccc2N1. The van der Waals surface area contributed by atoms with Gasteiger partial charge in [0.15, 0.2) is 0 Å². The number of benzene rings is 2. The van der Waals surface area contributed by atoms with Gasteiger partial charge in [0, 0.05) is 17.4 Å². The Bertz CT molecular complexity index is 820. The molecule has 1 aliphatic heterocycles. The van der Waals surface area contributed by atoms with E-state index in [1.54, 1.807) is 6.07 Å².